The highest BCUT2D eigenvalue weighted by Crippen LogP contribution is 2.32. The fourth-order valence-corrected chi connectivity index (χ4v) is 5.38. The van der Waals surface area contributed by atoms with E-state index >= 15 is 0 Å². The van der Waals surface area contributed by atoms with E-state index in [1.165, 1.54) is 17.3 Å². The lowest BCUT2D eigenvalue weighted by Gasteiger charge is -2.21. The number of amides is 1. The summed E-state index contributed by atoms with van der Waals surface area (Å²) in [6.07, 6.45) is 5.39. The third kappa shape index (κ3) is 7.90. The Morgan fingerprint density at radius 1 is 1.08 bits per heavy atom. The molecule has 0 radical (unpaired) electrons. The standard InChI is InChI=1S/C27H30Cl2N4O3S.ClH/c1-16(23-10-18(12-30-23)8-17-4-6-21(28)22(29)9-17)33-26(34)15-37-27-31-13-20(14-32-27)19-5-7-24(35-2)25(11-19)36-3;/h4-7,9,11,13-14,16,18,23,30H,8,10,12,15H2,1-3H3,(H,33,34);1H/t16?,18-,23+;/m1./s1. The van der Waals surface area contributed by atoms with E-state index in [1.807, 2.05) is 43.3 Å². The summed E-state index contributed by atoms with van der Waals surface area (Å²) in [5.41, 5.74) is 2.94. The number of hydrogen-bond donors (Lipinski definition) is 2. The van der Waals surface area contributed by atoms with E-state index in [1.54, 1.807) is 26.6 Å². The molecule has 38 heavy (non-hydrogen) atoms. The normalized spacial score (nSPS) is 17.4. The van der Waals surface area contributed by atoms with Crippen LogP contribution in [-0.4, -0.2) is 54.5 Å². The van der Waals surface area contributed by atoms with Gasteiger partial charge in [0.15, 0.2) is 16.7 Å². The van der Waals surface area contributed by atoms with E-state index in [0.29, 0.717) is 32.6 Å². The fraction of sp³-hybridized carbons (Fsp3) is 0.370. The molecular formula is C27H31Cl3N4O3S. The van der Waals surface area contributed by atoms with Crippen LogP contribution in [0, 0.1) is 5.92 Å². The van der Waals surface area contributed by atoms with Crippen LogP contribution in [0.4, 0.5) is 0 Å². The van der Waals surface area contributed by atoms with E-state index in [-0.39, 0.29) is 36.2 Å². The van der Waals surface area contributed by atoms with Crippen LogP contribution in [0.1, 0.15) is 18.9 Å². The van der Waals surface area contributed by atoms with Crippen molar-refractivity contribution in [2.24, 2.45) is 5.92 Å². The first-order valence-corrected chi connectivity index (χ1v) is 13.7. The number of hydrogen-bond acceptors (Lipinski definition) is 7. The number of nitrogens with zero attached hydrogens (tertiary/aromatic N) is 2. The highest BCUT2D eigenvalue weighted by atomic mass is 35.5. The number of carbonyl (C=O) groups excluding carboxylic acids is 1. The molecule has 7 nitrogen and oxygen atoms in total. The van der Waals surface area contributed by atoms with Gasteiger partial charge in [0.2, 0.25) is 5.91 Å². The first-order chi connectivity index (χ1) is 17.9. The molecular weight excluding hydrogens is 567 g/mol. The van der Waals surface area contributed by atoms with Gasteiger partial charge in [0.25, 0.3) is 0 Å². The Bertz CT molecular complexity index is 1230. The molecule has 1 amide bonds. The average Bonchev–Trinajstić information content (AvgIpc) is 3.38. The van der Waals surface area contributed by atoms with Crippen molar-refractivity contribution in [2.75, 3.05) is 26.5 Å². The summed E-state index contributed by atoms with van der Waals surface area (Å²) in [5, 5.41) is 8.36. The van der Waals surface area contributed by atoms with Crippen molar-refractivity contribution in [2.45, 2.75) is 37.0 Å². The quantitative estimate of drug-likeness (QED) is 0.229. The van der Waals surface area contributed by atoms with Gasteiger partial charge < -0.3 is 20.1 Å². The zero-order valence-electron chi connectivity index (χ0n) is 21.4. The number of benzene rings is 2. The molecule has 2 heterocycles. The minimum absolute atomic E-state index is 0. The first kappa shape index (κ1) is 30.3. The molecule has 204 valence electrons. The van der Waals surface area contributed by atoms with Crippen molar-refractivity contribution in [1.82, 2.24) is 20.6 Å². The maximum absolute atomic E-state index is 12.6. The van der Waals surface area contributed by atoms with Crippen LogP contribution in [0.3, 0.4) is 0 Å². The molecule has 2 aromatic carbocycles. The van der Waals surface area contributed by atoms with E-state index in [9.17, 15) is 4.79 Å². The smallest absolute Gasteiger partial charge is 0.230 e. The van der Waals surface area contributed by atoms with Crippen LogP contribution in [0.2, 0.25) is 10.0 Å². The summed E-state index contributed by atoms with van der Waals surface area (Å²) in [4.78, 5) is 21.4. The number of carbonyl (C=O) groups is 1. The highest BCUT2D eigenvalue weighted by Gasteiger charge is 2.29. The SMILES string of the molecule is COc1ccc(-c2cnc(SCC(=O)NC(C)[C@@H]3C[C@@H](Cc4ccc(Cl)c(Cl)c4)CN3)nc2)cc1OC.Cl. The van der Waals surface area contributed by atoms with Crippen molar-refractivity contribution in [3.63, 3.8) is 0 Å². The highest BCUT2D eigenvalue weighted by molar-refractivity contribution is 7.99. The summed E-state index contributed by atoms with van der Waals surface area (Å²) >= 11 is 13.5. The zero-order chi connectivity index (χ0) is 26.4. The number of methoxy groups -OCH3 is 2. The molecule has 1 aliphatic rings. The van der Waals surface area contributed by atoms with Gasteiger partial charge in [-0.05, 0) is 67.6 Å². The van der Waals surface area contributed by atoms with Crippen LogP contribution in [0.25, 0.3) is 11.1 Å². The molecule has 0 bridgehead atoms. The molecule has 0 spiro atoms. The maximum Gasteiger partial charge on any atom is 0.230 e. The van der Waals surface area contributed by atoms with Gasteiger partial charge in [0, 0.05) is 30.0 Å². The Balaban J connectivity index is 0.00000400. The van der Waals surface area contributed by atoms with Crippen LogP contribution in [0.5, 0.6) is 11.5 Å². The second kappa shape index (κ2) is 14.2. The summed E-state index contributed by atoms with van der Waals surface area (Å²) in [7, 11) is 3.20. The lowest BCUT2D eigenvalue weighted by Crippen LogP contribution is -2.46. The molecule has 0 aliphatic carbocycles. The molecule has 3 atom stereocenters. The molecule has 3 aromatic rings. The number of thioether (sulfide) groups is 1. The third-order valence-corrected chi connectivity index (χ3v) is 8.05. The van der Waals surface area contributed by atoms with E-state index in [2.05, 4.69) is 20.6 Å². The van der Waals surface area contributed by atoms with Crippen molar-refractivity contribution >= 4 is 53.3 Å². The second-order valence-corrected chi connectivity index (χ2v) is 10.8. The lowest BCUT2D eigenvalue weighted by atomic mass is 9.95. The van der Waals surface area contributed by atoms with Gasteiger partial charge in [-0.25, -0.2) is 9.97 Å². The summed E-state index contributed by atoms with van der Waals surface area (Å²) in [6, 6.07) is 11.7. The molecule has 1 unspecified atom stereocenters. The Hall–Kier alpha value is -2.23. The van der Waals surface area contributed by atoms with E-state index in [4.69, 9.17) is 32.7 Å². The number of ether oxygens (including phenoxy) is 2. The molecule has 1 aromatic heterocycles. The Morgan fingerprint density at radius 3 is 2.50 bits per heavy atom. The molecule has 1 saturated heterocycles. The molecule has 4 rings (SSSR count). The largest absolute Gasteiger partial charge is 0.493 e. The van der Waals surface area contributed by atoms with Gasteiger partial charge in [0.1, 0.15) is 0 Å². The summed E-state index contributed by atoms with van der Waals surface area (Å²) < 4.78 is 10.7. The van der Waals surface area contributed by atoms with Gasteiger partial charge in [-0.1, -0.05) is 47.1 Å². The van der Waals surface area contributed by atoms with Gasteiger partial charge in [0.05, 0.1) is 30.0 Å². The summed E-state index contributed by atoms with van der Waals surface area (Å²) in [5.74, 6) is 1.99. The molecule has 1 fully saturated rings. The topological polar surface area (TPSA) is 85.4 Å². The van der Waals surface area contributed by atoms with Crippen molar-refractivity contribution in [3.05, 3.63) is 64.4 Å². The van der Waals surface area contributed by atoms with E-state index < -0.39 is 0 Å². The van der Waals surface area contributed by atoms with E-state index in [0.717, 1.165) is 30.5 Å². The lowest BCUT2D eigenvalue weighted by molar-refractivity contribution is -0.119. The fourth-order valence-electron chi connectivity index (χ4n) is 4.46. The molecule has 11 heteroatoms. The van der Waals surface area contributed by atoms with Gasteiger partial charge in [-0.2, -0.15) is 0 Å². The number of rotatable bonds is 10. The van der Waals surface area contributed by atoms with Crippen LogP contribution in [0.15, 0.2) is 53.9 Å². The predicted molar refractivity (Wildman–Crippen MR) is 156 cm³/mol. The average molecular weight is 598 g/mol. The molecule has 1 aliphatic heterocycles. The number of halogens is 3. The predicted octanol–water partition coefficient (Wildman–Crippen LogP) is 5.71. The number of aromatic nitrogens is 2. The van der Waals surface area contributed by atoms with Crippen LogP contribution in [-0.2, 0) is 11.2 Å². The maximum atomic E-state index is 12.6. The first-order valence-electron chi connectivity index (χ1n) is 12.0. The molecule has 0 saturated carbocycles. The number of nitrogens with one attached hydrogen (secondary N) is 2. The van der Waals surface area contributed by atoms with Crippen molar-refractivity contribution < 1.29 is 14.3 Å². The Kier molecular flexibility index (Phi) is 11.4. The van der Waals surface area contributed by atoms with Crippen molar-refractivity contribution in [3.8, 4) is 22.6 Å². The zero-order valence-corrected chi connectivity index (χ0v) is 24.5. The monoisotopic (exact) mass is 596 g/mol. The minimum Gasteiger partial charge on any atom is -0.493 e. The minimum atomic E-state index is -0.0419. The third-order valence-electron chi connectivity index (χ3n) is 6.43. The second-order valence-electron chi connectivity index (χ2n) is 9.04. The van der Waals surface area contributed by atoms with Gasteiger partial charge in [-0.3, -0.25) is 4.79 Å². The Labute approximate surface area is 243 Å². The molecule has 2 N–H and O–H groups in total. The summed E-state index contributed by atoms with van der Waals surface area (Å²) in [6.45, 7) is 2.94. The van der Waals surface area contributed by atoms with Crippen LogP contribution >= 0.6 is 47.4 Å². The van der Waals surface area contributed by atoms with Crippen molar-refractivity contribution in [1.29, 1.82) is 0 Å². The van der Waals surface area contributed by atoms with Crippen LogP contribution < -0.4 is 20.1 Å². The van der Waals surface area contributed by atoms with Gasteiger partial charge in [-0.15, -0.1) is 12.4 Å². The van der Waals surface area contributed by atoms with Gasteiger partial charge >= 0.3 is 0 Å². The Morgan fingerprint density at radius 2 is 1.82 bits per heavy atom.